The molecule has 0 aliphatic carbocycles. The first kappa shape index (κ1) is 24.4. The van der Waals surface area contributed by atoms with E-state index >= 15 is 0 Å². The molecule has 1 N–H and O–H groups in total. The third-order valence-corrected chi connectivity index (χ3v) is 6.72. The molecule has 5 rings (SSSR count). The number of anilines is 1. The average molecular weight is 491 g/mol. The summed E-state index contributed by atoms with van der Waals surface area (Å²) in [4.78, 5) is 27.4. The number of nitrogens with zero attached hydrogens (tertiary/aromatic N) is 5. The zero-order valence-corrected chi connectivity index (χ0v) is 20.8. The Hall–Kier alpha value is -4.28. The number of hydrogen-bond donors (Lipinski definition) is 1. The van der Waals surface area contributed by atoms with Crippen molar-refractivity contribution in [2.45, 2.75) is 18.9 Å². The van der Waals surface area contributed by atoms with Crippen LogP contribution in [0.4, 0.5) is 5.82 Å². The number of fused-ring (bicyclic) bond motifs is 1. The summed E-state index contributed by atoms with van der Waals surface area (Å²) in [6.45, 7) is 4.58. The van der Waals surface area contributed by atoms with Crippen molar-refractivity contribution in [3.63, 3.8) is 0 Å². The molecule has 0 unspecified atom stereocenters. The molecule has 1 amide bonds. The molecule has 1 fully saturated rings. The van der Waals surface area contributed by atoms with E-state index in [-0.39, 0.29) is 5.91 Å². The Morgan fingerprint density at radius 3 is 2.08 bits per heavy atom. The summed E-state index contributed by atoms with van der Waals surface area (Å²) in [5, 5.41) is 13.0. The lowest BCUT2D eigenvalue weighted by Crippen LogP contribution is -2.47. The molecule has 2 heterocycles. The minimum Gasteiger partial charge on any atom is -0.354 e. The van der Waals surface area contributed by atoms with E-state index in [1.54, 1.807) is 0 Å². The van der Waals surface area contributed by atoms with Crippen LogP contribution in [0.1, 0.15) is 22.7 Å². The number of hydrogen-bond acceptors (Lipinski definition) is 6. The maximum atomic E-state index is 13.2. The zero-order chi connectivity index (χ0) is 25.5. The minimum absolute atomic E-state index is 0.341. The van der Waals surface area contributed by atoms with Crippen LogP contribution in [0.2, 0.25) is 0 Å². The Bertz CT molecular complexity index is 1380. The zero-order valence-electron chi connectivity index (χ0n) is 20.8. The van der Waals surface area contributed by atoms with Crippen LogP contribution < -0.4 is 10.2 Å². The van der Waals surface area contributed by atoms with Gasteiger partial charge in [-0.2, -0.15) is 5.26 Å². The van der Waals surface area contributed by atoms with Crippen LogP contribution >= 0.6 is 0 Å². The number of piperazine rings is 1. The second kappa shape index (κ2) is 11.6. The topological polar surface area (TPSA) is 85.1 Å². The summed E-state index contributed by atoms with van der Waals surface area (Å²) in [6.07, 6.45) is 0.699. The molecule has 3 aromatic carbocycles. The molecule has 0 bridgehead atoms. The van der Waals surface area contributed by atoms with Gasteiger partial charge < -0.3 is 10.2 Å². The number of carbonyl (C=O) groups is 1. The number of rotatable bonds is 8. The lowest BCUT2D eigenvalue weighted by atomic mass is 10.0. The fourth-order valence-corrected chi connectivity index (χ4v) is 4.71. The molecule has 186 valence electrons. The fourth-order valence-electron chi connectivity index (χ4n) is 4.71. The molecule has 7 heteroatoms. The third-order valence-electron chi connectivity index (χ3n) is 6.72. The summed E-state index contributed by atoms with van der Waals surface area (Å²) >= 11 is 0. The van der Waals surface area contributed by atoms with Crippen molar-refractivity contribution in [1.29, 1.82) is 5.26 Å². The summed E-state index contributed by atoms with van der Waals surface area (Å²) in [5.41, 5.74) is 4.29. The molecule has 0 spiro atoms. The maximum absolute atomic E-state index is 13.2. The average Bonchev–Trinajstić information content (AvgIpc) is 2.95. The van der Waals surface area contributed by atoms with Crippen LogP contribution in [0, 0.1) is 11.3 Å². The van der Waals surface area contributed by atoms with Crippen LogP contribution in [0.3, 0.4) is 0 Å². The largest absolute Gasteiger partial charge is 0.354 e. The van der Waals surface area contributed by atoms with Gasteiger partial charge in [0.1, 0.15) is 5.69 Å². The fraction of sp³-hybridized carbons (Fsp3) is 0.267. The third kappa shape index (κ3) is 5.93. The van der Waals surface area contributed by atoms with Gasteiger partial charge in [0.2, 0.25) is 5.91 Å². The molecule has 1 aliphatic heterocycles. The van der Waals surface area contributed by atoms with E-state index < -0.39 is 5.92 Å². The number of nitrogens with one attached hydrogen (secondary N) is 1. The summed E-state index contributed by atoms with van der Waals surface area (Å²) in [6, 6.07) is 30.2. The highest BCUT2D eigenvalue weighted by atomic mass is 16.1. The molecule has 37 heavy (non-hydrogen) atoms. The molecule has 1 aliphatic rings. The number of para-hydroxylation sites is 2. The van der Waals surface area contributed by atoms with Gasteiger partial charge in [-0.25, -0.2) is 9.97 Å². The van der Waals surface area contributed by atoms with E-state index in [4.69, 9.17) is 9.97 Å². The van der Waals surface area contributed by atoms with Gasteiger partial charge in [-0.3, -0.25) is 9.69 Å². The van der Waals surface area contributed by atoms with E-state index in [0.717, 1.165) is 43.8 Å². The predicted molar refractivity (Wildman–Crippen MR) is 145 cm³/mol. The highest BCUT2D eigenvalue weighted by molar-refractivity contribution is 5.88. The Labute approximate surface area is 217 Å². The number of benzene rings is 3. The van der Waals surface area contributed by atoms with Crippen molar-refractivity contribution >= 4 is 22.8 Å². The first-order valence-electron chi connectivity index (χ1n) is 12.7. The van der Waals surface area contributed by atoms with Crippen molar-refractivity contribution in [3.8, 4) is 6.07 Å². The molecule has 1 atom stereocenters. The summed E-state index contributed by atoms with van der Waals surface area (Å²) in [7, 11) is 0. The van der Waals surface area contributed by atoms with Gasteiger partial charge >= 0.3 is 0 Å². The van der Waals surface area contributed by atoms with Gasteiger partial charge in [0, 0.05) is 39.3 Å². The number of nitriles is 1. The smallest absolute Gasteiger partial charge is 0.243 e. The highest BCUT2D eigenvalue weighted by Crippen LogP contribution is 2.28. The van der Waals surface area contributed by atoms with E-state index in [1.807, 2.05) is 60.7 Å². The van der Waals surface area contributed by atoms with Gasteiger partial charge in [0.25, 0.3) is 0 Å². The molecule has 1 saturated heterocycles. The van der Waals surface area contributed by atoms with Gasteiger partial charge in [0.15, 0.2) is 11.7 Å². The predicted octanol–water partition coefficient (Wildman–Crippen LogP) is 3.92. The second-order valence-electron chi connectivity index (χ2n) is 9.26. The minimum atomic E-state index is -1.04. The van der Waals surface area contributed by atoms with Crippen molar-refractivity contribution in [2.24, 2.45) is 0 Å². The van der Waals surface area contributed by atoms with Gasteiger partial charge in [-0.15, -0.1) is 0 Å². The maximum Gasteiger partial charge on any atom is 0.243 e. The first-order valence-corrected chi connectivity index (χ1v) is 12.7. The van der Waals surface area contributed by atoms with E-state index in [1.165, 1.54) is 5.56 Å². The molecular formula is C30H30N6O. The number of aromatic nitrogens is 2. The lowest BCUT2D eigenvalue weighted by molar-refractivity contribution is -0.121. The summed E-state index contributed by atoms with van der Waals surface area (Å²) < 4.78 is 0. The first-order chi connectivity index (χ1) is 18.2. The van der Waals surface area contributed by atoms with Gasteiger partial charge in [-0.1, -0.05) is 72.8 Å². The molecule has 7 nitrogen and oxygen atoms in total. The van der Waals surface area contributed by atoms with Crippen molar-refractivity contribution in [2.75, 3.05) is 37.6 Å². The lowest BCUT2D eigenvalue weighted by Gasteiger charge is -2.36. The molecule has 0 saturated carbocycles. The Balaban J connectivity index is 1.34. The Kier molecular flexibility index (Phi) is 7.68. The standard InChI is InChI=1S/C30H30N6O/c31-21-25(30(37)32-16-15-23-9-3-1-4-10-23)28-29(34-27-14-8-7-13-26(27)33-28)36-19-17-35(18-20-36)22-24-11-5-2-6-12-24/h1-14,25H,15-20,22H2,(H,32,37)/t25-/m0/s1. The van der Waals surface area contributed by atoms with Crippen LogP contribution in [0.25, 0.3) is 11.0 Å². The van der Waals surface area contributed by atoms with Crippen molar-refractivity contribution in [1.82, 2.24) is 20.2 Å². The Morgan fingerprint density at radius 2 is 1.43 bits per heavy atom. The van der Waals surface area contributed by atoms with Gasteiger partial charge in [0.05, 0.1) is 17.1 Å². The normalized spacial score (nSPS) is 14.7. The van der Waals surface area contributed by atoms with E-state index in [0.29, 0.717) is 30.0 Å². The second-order valence-corrected chi connectivity index (χ2v) is 9.26. The van der Waals surface area contributed by atoms with Gasteiger partial charge in [-0.05, 0) is 29.7 Å². The van der Waals surface area contributed by atoms with Crippen LogP contribution in [-0.4, -0.2) is 53.5 Å². The molecule has 1 aromatic heterocycles. The van der Waals surface area contributed by atoms with Crippen molar-refractivity contribution < 1.29 is 4.79 Å². The number of carbonyl (C=O) groups excluding carboxylic acids is 1. The SMILES string of the molecule is N#C[C@H](C(=O)NCCc1ccccc1)c1nc2ccccc2nc1N1CCN(Cc2ccccc2)CC1. The monoisotopic (exact) mass is 490 g/mol. The molecule has 0 radical (unpaired) electrons. The quantitative estimate of drug-likeness (QED) is 0.403. The molecular weight excluding hydrogens is 460 g/mol. The van der Waals surface area contributed by atoms with E-state index in [2.05, 4.69) is 45.5 Å². The van der Waals surface area contributed by atoms with Crippen LogP contribution in [-0.2, 0) is 17.8 Å². The van der Waals surface area contributed by atoms with Crippen LogP contribution in [0.5, 0.6) is 0 Å². The van der Waals surface area contributed by atoms with Crippen molar-refractivity contribution in [3.05, 3.63) is 102 Å². The van der Waals surface area contributed by atoms with E-state index in [9.17, 15) is 10.1 Å². The summed E-state index contributed by atoms with van der Waals surface area (Å²) in [5.74, 6) is -0.750. The molecule has 4 aromatic rings. The number of amides is 1. The van der Waals surface area contributed by atoms with Crippen LogP contribution in [0.15, 0.2) is 84.9 Å². The Morgan fingerprint density at radius 1 is 0.838 bits per heavy atom. The highest BCUT2D eigenvalue weighted by Gasteiger charge is 2.30.